The Morgan fingerprint density at radius 3 is 2.81 bits per heavy atom. The number of hydrogen-bond donors (Lipinski definition) is 3. The minimum absolute atomic E-state index is 0.143. The van der Waals surface area contributed by atoms with E-state index in [0.29, 0.717) is 18.5 Å². The molecule has 6 heteroatoms. The molecule has 0 bridgehead atoms. The van der Waals surface area contributed by atoms with Crippen LogP contribution in [0, 0.1) is 5.92 Å². The zero-order valence-electron chi connectivity index (χ0n) is 15.5. The van der Waals surface area contributed by atoms with Gasteiger partial charge < -0.3 is 20.3 Å². The molecule has 2 heterocycles. The first-order chi connectivity index (χ1) is 12.6. The van der Waals surface area contributed by atoms with Gasteiger partial charge in [-0.1, -0.05) is 38.2 Å². The Morgan fingerprint density at radius 1 is 1.23 bits per heavy atom. The molecule has 144 valence electrons. The van der Waals surface area contributed by atoms with Crippen LogP contribution < -0.4 is 10.9 Å². The second-order valence-electron chi connectivity index (χ2n) is 7.85. The highest BCUT2D eigenvalue weighted by Crippen LogP contribution is 2.28. The summed E-state index contributed by atoms with van der Waals surface area (Å²) in [6, 6.07) is 3.51. The highest BCUT2D eigenvalue weighted by molar-refractivity contribution is 5.86. The van der Waals surface area contributed by atoms with Gasteiger partial charge in [0.2, 0.25) is 0 Å². The molecular weight excluding hydrogens is 330 g/mol. The van der Waals surface area contributed by atoms with Crippen LogP contribution in [0.3, 0.4) is 0 Å². The summed E-state index contributed by atoms with van der Waals surface area (Å²) in [7, 11) is 0. The van der Waals surface area contributed by atoms with Gasteiger partial charge in [0.15, 0.2) is 5.60 Å². The second-order valence-corrected chi connectivity index (χ2v) is 7.85. The van der Waals surface area contributed by atoms with Gasteiger partial charge in [0.05, 0.1) is 0 Å². The van der Waals surface area contributed by atoms with Crippen molar-refractivity contribution in [3.63, 3.8) is 0 Å². The number of aliphatic hydroxyl groups is 1. The minimum atomic E-state index is -1.35. The minimum Gasteiger partial charge on any atom is -0.379 e. The van der Waals surface area contributed by atoms with Crippen molar-refractivity contribution in [1.29, 1.82) is 0 Å². The van der Waals surface area contributed by atoms with Crippen molar-refractivity contribution in [2.45, 2.75) is 63.5 Å². The highest BCUT2D eigenvalue weighted by Gasteiger charge is 2.41. The maximum atomic E-state index is 12.8. The summed E-state index contributed by atoms with van der Waals surface area (Å²) in [4.78, 5) is 29.0. The fourth-order valence-corrected chi connectivity index (χ4v) is 4.26. The van der Waals surface area contributed by atoms with Crippen LogP contribution in [0.1, 0.15) is 56.9 Å². The summed E-state index contributed by atoms with van der Waals surface area (Å²) >= 11 is 0. The van der Waals surface area contributed by atoms with Gasteiger partial charge in [0.25, 0.3) is 11.5 Å². The average molecular weight is 361 g/mol. The topological polar surface area (TPSA) is 85.4 Å². The summed E-state index contributed by atoms with van der Waals surface area (Å²) in [6.45, 7) is 2.02. The lowest BCUT2D eigenvalue weighted by molar-refractivity contribution is -0.156. The molecular formula is C20H31N3O3. The number of nitrogens with zero attached hydrogens (tertiary/aromatic N) is 1. The summed E-state index contributed by atoms with van der Waals surface area (Å²) in [5.74, 6) is 0.573. The molecule has 0 spiro atoms. The third-order valence-corrected chi connectivity index (χ3v) is 5.87. The number of likely N-dealkylation sites (tertiary alicyclic amines) is 1. The van der Waals surface area contributed by atoms with E-state index in [4.69, 9.17) is 0 Å². The Balaban J connectivity index is 1.50. The Morgan fingerprint density at radius 2 is 2.04 bits per heavy atom. The quantitative estimate of drug-likeness (QED) is 0.691. The van der Waals surface area contributed by atoms with Crippen molar-refractivity contribution in [2.24, 2.45) is 5.92 Å². The number of carbonyl (C=O) groups is 1. The van der Waals surface area contributed by atoms with Gasteiger partial charge in [0.1, 0.15) is 0 Å². The zero-order valence-corrected chi connectivity index (χ0v) is 15.5. The Labute approximate surface area is 155 Å². The molecule has 3 N–H and O–H groups in total. The monoisotopic (exact) mass is 361 g/mol. The van der Waals surface area contributed by atoms with Crippen LogP contribution >= 0.6 is 0 Å². The molecule has 2 fully saturated rings. The normalized spacial score (nSPS) is 24.8. The van der Waals surface area contributed by atoms with Crippen molar-refractivity contribution in [1.82, 2.24) is 15.2 Å². The molecule has 1 saturated carbocycles. The molecule has 6 nitrogen and oxygen atoms in total. The van der Waals surface area contributed by atoms with E-state index < -0.39 is 5.60 Å². The third-order valence-electron chi connectivity index (χ3n) is 5.87. The van der Waals surface area contributed by atoms with E-state index >= 15 is 0 Å². The molecule has 0 aromatic carbocycles. The Hall–Kier alpha value is -1.66. The van der Waals surface area contributed by atoms with Crippen molar-refractivity contribution in [2.75, 3.05) is 19.6 Å². The predicted octanol–water partition coefficient (Wildman–Crippen LogP) is 1.79. The summed E-state index contributed by atoms with van der Waals surface area (Å²) in [5, 5.41) is 13.9. The average Bonchev–Trinajstić information content (AvgIpc) is 2.66. The van der Waals surface area contributed by atoms with E-state index in [9.17, 15) is 14.7 Å². The smallest absolute Gasteiger partial charge is 0.255 e. The summed E-state index contributed by atoms with van der Waals surface area (Å²) < 4.78 is 0. The fourth-order valence-electron chi connectivity index (χ4n) is 4.26. The number of H-pyrrole nitrogens is 1. The van der Waals surface area contributed by atoms with Gasteiger partial charge in [-0.2, -0.15) is 0 Å². The molecule has 2 aliphatic rings. The van der Waals surface area contributed by atoms with Crippen molar-refractivity contribution < 1.29 is 9.90 Å². The van der Waals surface area contributed by atoms with E-state index in [0.717, 1.165) is 31.8 Å². The summed E-state index contributed by atoms with van der Waals surface area (Å²) in [5.41, 5.74) is -0.892. The Bertz CT molecular complexity index is 654. The number of carbonyl (C=O) groups excluding carboxylic acids is 1. The number of piperidine rings is 1. The summed E-state index contributed by atoms with van der Waals surface area (Å²) in [6.07, 6.45) is 10.5. The predicted molar refractivity (Wildman–Crippen MR) is 101 cm³/mol. The molecule has 26 heavy (non-hydrogen) atoms. The first-order valence-corrected chi connectivity index (χ1v) is 9.97. The van der Waals surface area contributed by atoms with E-state index in [-0.39, 0.29) is 18.0 Å². The number of aromatic nitrogens is 1. The second kappa shape index (κ2) is 8.82. The molecule has 0 unspecified atom stereocenters. The number of amides is 1. The molecule has 1 saturated heterocycles. The molecule has 1 aromatic rings. The number of aromatic amines is 1. The molecule has 3 rings (SSSR count). The Kier molecular flexibility index (Phi) is 6.48. The van der Waals surface area contributed by atoms with E-state index in [1.54, 1.807) is 18.3 Å². The molecule has 1 aliphatic heterocycles. The molecule has 1 amide bonds. The van der Waals surface area contributed by atoms with Crippen molar-refractivity contribution in [3.8, 4) is 0 Å². The molecule has 1 aromatic heterocycles. The lowest BCUT2D eigenvalue weighted by Crippen LogP contribution is -2.58. The maximum Gasteiger partial charge on any atom is 0.255 e. The molecule has 0 radical (unpaired) electrons. The first-order valence-electron chi connectivity index (χ1n) is 9.97. The lowest BCUT2D eigenvalue weighted by Gasteiger charge is -2.39. The van der Waals surface area contributed by atoms with Gasteiger partial charge in [-0.25, -0.2) is 0 Å². The largest absolute Gasteiger partial charge is 0.379 e. The van der Waals surface area contributed by atoms with Gasteiger partial charge in [-0.3, -0.25) is 9.59 Å². The SMILES string of the molecule is O=C1N(CCC2CCCCC2)CCC[C@]1(O)CNCc1ccc[nH]c1=O. The lowest BCUT2D eigenvalue weighted by atomic mass is 9.86. The number of nitrogens with one attached hydrogen (secondary N) is 2. The zero-order chi connectivity index (χ0) is 18.4. The highest BCUT2D eigenvalue weighted by atomic mass is 16.3. The van der Waals surface area contributed by atoms with Crippen LogP contribution in [0.5, 0.6) is 0 Å². The first kappa shape index (κ1) is 19.1. The van der Waals surface area contributed by atoms with E-state index in [2.05, 4.69) is 10.3 Å². The van der Waals surface area contributed by atoms with Gasteiger partial charge in [0, 0.05) is 37.9 Å². The fraction of sp³-hybridized carbons (Fsp3) is 0.700. The third kappa shape index (κ3) is 4.74. The number of hydrogen-bond acceptors (Lipinski definition) is 4. The standard InChI is InChI=1S/C20H31N3O3/c24-18-17(8-4-11-22-18)14-21-15-20(26)10-5-12-23(19(20)25)13-9-16-6-2-1-3-7-16/h4,8,11,16,21,26H,1-3,5-7,9-10,12-15H2,(H,22,24)/t20-/m0/s1. The van der Waals surface area contributed by atoms with Gasteiger partial charge in [-0.05, 0) is 31.2 Å². The molecule has 1 aliphatic carbocycles. The maximum absolute atomic E-state index is 12.8. The van der Waals surface area contributed by atoms with Crippen LogP contribution in [-0.2, 0) is 11.3 Å². The van der Waals surface area contributed by atoms with Crippen LogP contribution in [0.4, 0.5) is 0 Å². The van der Waals surface area contributed by atoms with Crippen molar-refractivity contribution in [3.05, 3.63) is 34.2 Å². The number of rotatable bonds is 7. The van der Waals surface area contributed by atoms with Gasteiger partial charge in [-0.15, -0.1) is 0 Å². The van der Waals surface area contributed by atoms with Crippen molar-refractivity contribution >= 4 is 5.91 Å². The number of pyridine rings is 1. The van der Waals surface area contributed by atoms with E-state index in [1.807, 2.05) is 4.90 Å². The van der Waals surface area contributed by atoms with E-state index in [1.165, 1.54) is 32.1 Å². The van der Waals surface area contributed by atoms with Crippen LogP contribution in [0.15, 0.2) is 23.1 Å². The van der Waals surface area contributed by atoms with Gasteiger partial charge >= 0.3 is 0 Å². The van der Waals surface area contributed by atoms with Crippen LogP contribution in [0.25, 0.3) is 0 Å². The van der Waals surface area contributed by atoms with Crippen LogP contribution in [-0.4, -0.2) is 46.1 Å². The van der Waals surface area contributed by atoms with Crippen LogP contribution in [0.2, 0.25) is 0 Å². The molecule has 1 atom stereocenters.